The van der Waals surface area contributed by atoms with E-state index < -0.39 is 0 Å². The van der Waals surface area contributed by atoms with Crippen LogP contribution >= 0.6 is 12.2 Å². The van der Waals surface area contributed by atoms with E-state index in [4.69, 9.17) is 21.7 Å². The van der Waals surface area contributed by atoms with Crippen LogP contribution in [0.5, 0.6) is 11.5 Å². The van der Waals surface area contributed by atoms with Crippen molar-refractivity contribution in [3.05, 3.63) is 23.8 Å². The maximum Gasteiger partial charge on any atom is 0.187 e. The van der Waals surface area contributed by atoms with Crippen molar-refractivity contribution in [1.29, 1.82) is 0 Å². The van der Waals surface area contributed by atoms with Gasteiger partial charge in [0.25, 0.3) is 0 Å². The molecule has 0 saturated heterocycles. The van der Waals surface area contributed by atoms with Crippen LogP contribution in [0.15, 0.2) is 23.3 Å². The van der Waals surface area contributed by atoms with E-state index in [-0.39, 0.29) is 0 Å². The fraction of sp³-hybridized carbons (Fsp3) is 0.529. The van der Waals surface area contributed by atoms with Gasteiger partial charge in [-0.1, -0.05) is 6.42 Å². The average Bonchev–Trinajstić information content (AvgIpc) is 3.17. The van der Waals surface area contributed by atoms with Gasteiger partial charge in [0.1, 0.15) is 0 Å². The topological polar surface area (TPSA) is 54.9 Å². The molecule has 3 rings (SSSR count). The monoisotopic (exact) mass is 333 g/mol. The van der Waals surface area contributed by atoms with Gasteiger partial charge in [0.15, 0.2) is 16.6 Å². The van der Waals surface area contributed by atoms with Gasteiger partial charge >= 0.3 is 0 Å². The molecule has 0 amide bonds. The Morgan fingerprint density at radius 2 is 2.04 bits per heavy atom. The molecule has 0 aliphatic heterocycles. The number of ether oxygens (including phenoxy) is 2. The minimum absolute atomic E-state index is 0.519. The molecule has 6 heteroatoms. The third kappa shape index (κ3) is 3.75. The van der Waals surface area contributed by atoms with Gasteiger partial charge in [-0.3, -0.25) is 5.43 Å². The van der Waals surface area contributed by atoms with Crippen LogP contribution in [0.3, 0.4) is 0 Å². The molecule has 2 saturated carbocycles. The number of hydrazone groups is 1. The Labute approximate surface area is 142 Å². The quantitative estimate of drug-likeness (QED) is 0.493. The summed E-state index contributed by atoms with van der Waals surface area (Å²) in [5.41, 5.74) is 3.82. The van der Waals surface area contributed by atoms with Crippen LogP contribution < -0.4 is 20.2 Å². The Balaban J connectivity index is 1.51. The summed E-state index contributed by atoms with van der Waals surface area (Å²) in [7, 11) is 3.23. The first-order valence-corrected chi connectivity index (χ1v) is 8.42. The van der Waals surface area contributed by atoms with Crippen molar-refractivity contribution in [1.82, 2.24) is 10.7 Å². The van der Waals surface area contributed by atoms with E-state index in [0.29, 0.717) is 22.7 Å². The number of hydrogen-bond donors (Lipinski definition) is 2. The Morgan fingerprint density at radius 3 is 2.70 bits per heavy atom. The molecule has 0 radical (unpaired) electrons. The lowest BCUT2D eigenvalue weighted by Gasteiger charge is -2.23. The Hall–Kier alpha value is -1.82. The van der Waals surface area contributed by atoms with Crippen LogP contribution in [0.2, 0.25) is 0 Å². The van der Waals surface area contributed by atoms with E-state index in [1.807, 2.05) is 18.2 Å². The lowest BCUT2D eigenvalue weighted by molar-refractivity contribution is 0.355. The van der Waals surface area contributed by atoms with Crippen LogP contribution in [0.4, 0.5) is 0 Å². The number of benzene rings is 1. The molecular formula is C17H23N3O2S. The third-order valence-electron chi connectivity index (χ3n) is 4.84. The molecule has 5 nitrogen and oxygen atoms in total. The van der Waals surface area contributed by atoms with Crippen molar-refractivity contribution >= 4 is 23.5 Å². The number of fused-ring (bicyclic) bond motifs is 2. The molecule has 0 heterocycles. The molecule has 0 spiro atoms. The molecule has 2 fully saturated rings. The standard InChI is InChI=1S/C17H23N3O2S/c1-21-15-6-4-12(9-16(15)22-2)10-18-20-17(23)19-14-8-11-3-5-13(14)7-11/h4,6,9-11,13-14H,3,5,7-8H2,1-2H3,(H2,19,20,23). The van der Waals surface area contributed by atoms with Gasteiger partial charge in [-0.15, -0.1) is 0 Å². The first-order chi connectivity index (χ1) is 11.2. The summed E-state index contributed by atoms with van der Waals surface area (Å²) in [5.74, 6) is 3.07. The number of methoxy groups -OCH3 is 2. The molecule has 23 heavy (non-hydrogen) atoms. The maximum atomic E-state index is 5.33. The second-order valence-corrected chi connectivity index (χ2v) is 6.65. The first kappa shape index (κ1) is 16.1. The molecule has 1 aromatic carbocycles. The number of hydrogen-bond acceptors (Lipinski definition) is 4. The van der Waals surface area contributed by atoms with E-state index in [1.54, 1.807) is 20.4 Å². The minimum Gasteiger partial charge on any atom is -0.493 e. The summed E-state index contributed by atoms with van der Waals surface area (Å²) in [6.45, 7) is 0. The highest BCUT2D eigenvalue weighted by atomic mass is 32.1. The summed E-state index contributed by atoms with van der Waals surface area (Å²) >= 11 is 5.33. The molecule has 1 aromatic rings. The fourth-order valence-corrected chi connectivity index (χ4v) is 3.92. The smallest absolute Gasteiger partial charge is 0.187 e. The van der Waals surface area contributed by atoms with Gasteiger partial charge in [-0.25, -0.2) is 0 Å². The van der Waals surface area contributed by atoms with Crippen molar-refractivity contribution in [3.8, 4) is 11.5 Å². The highest BCUT2D eigenvalue weighted by Gasteiger charge is 2.39. The number of thiocarbonyl (C=S) groups is 1. The lowest BCUT2D eigenvalue weighted by atomic mass is 9.96. The van der Waals surface area contributed by atoms with Crippen molar-refractivity contribution in [2.24, 2.45) is 16.9 Å². The van der Waals surface area contributed by atoms with E-state index >= 15 is 0 Å². The summed E-state index contributed by atoms with van der Waals surface area (Å²) in [6.07, 6.45) is 7.04. The molecule has 2 N–H and O–H groups in total. The van der Waals surface area contributed by atoms with E-state index in [2.05, 4.69) is 15.8 Å². The molecule has 124 valence electrons. The molecule has 2 aliphatic carbocycles. The van der Waals surface area contributed by atoms with E-state index in [9.17, 15) is 0 Å². The molecule has 2 aliphatic rings. The number of rotatable bonds is 5. The van der Waals surface area contributed by atoms with Gasteiger partial charge in [0.05, 0.1) is 20.4 Å². The Morgan fingerprint density at radius 1 is 1.22 bits per heavy atom. The SMILES string of the molecule is COc1ccc(C=NNC(=S)NC2CC3CCC2C3)cc1OC. The fourth-order valence-electron chi connectivity index (χ4n) is 3.72. The zero-order valence-electron chi connectivity index (χ0n) is 13.5. The minimum atomic E-state index is 0.519. The number of nitrogens with one attached hydrogen (secondary N) is 2. The average molecular weight is 333 g/mol. The number of nitrogens with zero attached hydrogens (tertiary/aromatic N) is 1. The summed E-state index contributed by atoms with van der Waals surface area (Å²) in [5, 5.41) is 8.20. The normalized spacial score (nSPS) is 25.6. The Bertz CT molecular complexity index is 606. The van der Waals surface area contributed by atoms with Crippen LogP contribution in [-0.2, 0) is 0 Å². The van der Waals surface area contributed by atoms with Crippen LogP contribution in [-0.4, -0.2) is 31.6 Å². The maximum absolute atomic E-state index is 5.33. The highest BCUT2D eigenvalue weighted by Crippen LogP contribution is 2.44. The van der Waals surface area contributed by atoms with Crippen molar-refractivity contribution < 1.29 is 9.47 Å². The summed E-state index contributed by atoms with van der Waals surface area (Å²) in [4.78, 5) is 0. The largest absolute Gasteiger partial charge is 0.493 e. The van der Waals surface area contributed by atoms with Crippen molar-refractivity contribution in [2.45, 2.75) is 31.7 Å². The Kier molecular flexibility index (Phi) is 5.00. The van der Waals surface area contributed by atoms with Crippen LogP contribution in [0.25, 0.3) is 0 Å². The van der Waals surface area contributed by atoms with E-state index in [1.165, 1.54) is 25.7 Å². The highest BCUT2D eigenvalue weighted by molar-refractivity contribution is 7.80. The van der Waals surface area contributed by atoms with Crippen LogP contribution in [0.1, 0.15) is 31.2 Å². The predicted molar refractivity (Wildman–Crippen MR) is 95.2 cm³/mol. The molecule has 3 atom stereocenters. The van der Waals surface area contributed by atoms with Crippen molar-refractivity contribution in [3.63, 3.8) is 0 Å². The molecular weight excluding hydrogens is 310 g/mol. The second-order valence-electron chi connectivity index (χ2n) is 6.24. The zero-order chi connectivity index (χ0) is 16.2. The lowest BCUT2D eigenvalue weighted by Crippen LogP contribution is -2.42. The summed E-state index contributed by atoms with van der Waals surface area (Å²) < 4.78 is 10.5. The van der Waals surface area contributed by atoms with E-state index in [0.717, 1.165) is 17.4 Å². The van der Waals surface area contributed by atoms with Crippen LogP contribution in [0, 0.1) is 11.8 Å². The van der Waals surface area contributed by atoms with Crippen molar-refractivity contribution in [2.75, 3.05) is 14.2 Å². The van der Waals surface area contributed by atoms with Gasteiger partial charge in [0, 0.05) is 6.04 Å². The predicted octanol–water partition coefficient (Wildman–Crippen LogP) is 2.69. The van der Waals surface area contributed by atoms with Gasteiger partial charge in [-0.2, -0.15) is 5.10 Å². The second kappa shape index (κ2) is 7.17. The third-order valence-corrected chi connectivity index (χ3v) is 5.05. The molecule has 3 unspecified atom stereocenters. The van der Waals surface area contributed by atoms with Gasteiger partial charge < -0.3 is 14.8 Å². The molecule has 2 bridgehead atoms. The zero-order valence-corrected chi connectivity index (χ0v) is 14.4. The summed E-state index contributed by atoms with van der Waals surface area (Å²) in [6, 6.07) is 6.16. The van der Waals surface area contributed by atoms with Gasteiger partial charge in [-0.05, 0) is 67.1 Å². The molecule has 0 aromatic heterocycles. The van der Waals surface area contributed by atoms with Gasteiger partial charge in [0.2, 0.25) is 0 Å². The first-order valence-electron chi connectivity index (χ1n) is 8.01.